The van der Waals surface area contributed by atoms with E-state index < -0.39 is 5.91 Å². The maximum absolute atomic E-state index is 12.2. The van der Waals surface area contributed by atoms with Gasteiger partial charge < -0.3 is 19.9 Å². The third kappa shape index (κ3) is 2.80. The van der Waals surface area contributed by atoms with E-state index in [-0.39, 0.29) is 17.1 Å². The maximum atomic E-state index is 12.2. The van der Waals surface area contributed by atoms with Gasteiger partial charge in [-0.05, 0) is 30.3 Å². The highest BCUT2D eigenvalue weighted by atomic mass is 16.5. The van der Waals surface area contributed by atoms with Crippen molar-refractivity contribution in [1.82, 2.24) is 4.98 Å². The highest BCUT2D eigenvalue weighted by molar-refractivity contribution is 6.06. The molecule has 0 aliphatic heterocycles. The van der Waals surface area contributed by atoms with Crippen molar-refractivity contribution in [1.29, 1.82) is 0 Å². The lowest BCUT2D eigenvalue weighted by molar-refractivity contribution is 0.102. The van der Waals surface area contributed by atoms with Gasteiger partial charge in [-0.3, -0.25) is 4.79 Å². The van der Waals surface area contributed by atoms with Crippen LogP contribution in [0.3, 0.4) is 0 Å². The van der Waals surface area contributed by atoms with E-state index >= 15 is 0 Å². The average molecular weight is 274 g/mol. The molecule has 1 aromatic heterocycles. The van der Waals surface area contributed by atoms with Gasteiger partial charge in [0.05, 0.1) is 19.8 Å². The fourth-order valence-electron chi connectivity index (χ4n) is 1.66. The molecular formula is C14H14N2O4. The van der Waals surface area contributed by atoms with Gasteiger partial charge in [-0.1, -0.05) is 0 Å². The summed E-state index contributed by atoms with van der Waals surface area (Å²) < 4.78 is 10.2. The number of aromatic hydroxyl groups is 1. The molecule has 1 aromatic carbocycles. The third-order valence-electron chi connectivity index (χ3n) is 2.67. The van der Waals surface area contributed by atoms with Crippen molar-refractivity contribution in [3.8, 4) is 17.2 Å². The molecule has 2 aromatic rings. The molecule has 2 N–H and O–H groups in total. The fourth-order valence-corrected chi connectivity index (χ4v) is 1.66. The van der Waals surface area contributed by atoms with Crippen LogP contribution in [-0.4, -0.2) is 30.2 Å². The minimum Gasteiger partial charge on any atom is -0.504 e. The van der Waals surface area contributed by atoms with Crippen molar-refractivity contribution in [3.05, 3.63) is 42.1 Å². The number of carbonyl (C=O) groups is 1. The number of hydrogen-bond acceptors (Lipinski definition) is 5. The zero-order valence-corrected chi connectivity index (χ0v) is 11.1. The van der Waals surface area contributed by atoms with Crippen molar-refractivity contribution in [2.24, 2.45) is 0 Å². The summed E-state index contributed by atoms with van der Waals surface area (Å²) >= 11 is 0. The first-order chi connectivity index (χ1) is 9.65. The molecular weight excluding hydrogens is 260 g/mol. The number of benzene rings is 1. The molecule has 0 spiro atoms. The van der Waals surface area contributed by atoms with Crippen LogP contribution in [0.1, 0.15) is 10.4 Å². The number of amides is 1. The summed E-state index contributed by atoms with van der Waals surface area (Å²) in [5.74, 6) is 0.458. The van der Waals surface area contributed by atoms with Crippen LogP contribution in [0.5, 0.6) is 17.2 Å². The second-order valence-electron chi connectivity index (χ2n) is 3.89. The number of carbonyl (C=O) groups excluding carboxylic acids is 1. The molecule has 6 heteroatoms. The second-order valence-corrected chi connectivity index (χ2v) is 3.89. The fraction of sp³-hybridized carbons (Fsp3) is 0.143. The lowest BCUT2D eigenvalue weighted by Gasteiger charge is -2.11. The zero-order valence-electron chi connectivity index (χ0n) is 11.1. The smallest absolute Gasteiger partial charge is 0.260 e. The van der Waals surface area contributed by atoms with Gasteiger partial charge in [0.15, 0.2) is 11.6 Å². The van der Waals surface area contributed by atoms with Crippen LogP contribution >= 0.6 is 0 Å². The van der Waals surface area contributed by atoms with Gasteiger partial charge in [0.1, 0.15) is 11.5 Å². The number of rotatable bonds is 4. The highest BCUT2D eigenvalue weighted by Gasteiger charge is 2.15. The van der Waals surface area contributed by atoms with Crippen molar-refractivity contribution in [3.63, 3.8) is 0 Å². The average Bonchev–Trinajstić information content (AvgIpc) is 2.48. The summed E-state index contributed by atoms with van der Waals surface area (Å²) in [5.41, 5.74) is 0.289. The minimum atomic E-state index is -0.449. The van der Waals surface area contributed by atoms with E-state index in [4.69, 9.17) is 9.47 Å². The molecule has 6 nitrogen and oxygen atoms in total. The van der Waals surface area contributed by atoms with E-state index in [1.54, 1.807) is 24.3 Å². The molecule has 0 atom stereocenters. The second kappa shape index (κ2) is 5.92. The Morgan fingerprint density at radius 3 is 2.70 bits per heavy atom. The van der Waals surface area contributed by atoms with E-state index in [9.17, 15) is 9.90 Å². The van der Waals surface area contributed by atoms with Crippen LogP contribution in [0.25, 0.3) is 0 Å². The Morgan fingerprint density at radius 2 is 2.05 bits per heavy atom. The predicted molar refractivity (Wildman–Crippen MR) is 73.4 cm³/mol. The van der Waals surface area contributed by atoms with E-state index in [0.717, 1.165) is 0 Å². The van der Waals surface area contributed by atoms with Crippen LogP contribution in [0.2, 0.25) is 0 Å². The van der Waals surface area contributed by atoms with Crippen molar-refractivity contribution >= 4 is 11.7 Å². The molecule has 0 radical (unpaired) electrons. The topological polar surface area (TPSA) is 80.7 Å². The Morgan fingerprint density at radius 1 is 1.25 bits per heavy atom. The molecule has 0 unspecified atom stereocenters. The predicted octanol–water partition coefficient (Wildman–Crippen LogP) is 2.06. The first kappa shape index (κ1) is 13.7. The molecule has 0 aliphatic rings. The Balaban J connectivity index is 2.31. The molecule has 0 fully saturated rings. The lowest BCUT2D eigenvalue weighted by atomic mass is 10.1. The minimum absolute atomic E-state index is 0.0855. The summed E-state index contributed by atoms with van der Waals surface area (Å²) in [4.78, 5) is 16.1. The quantitative estimate of drug-likeness (QED) is 0.892. The molecule has 1 heterocycles. The standard InChI is InChI=1S/C14H14N2O4/c1-19-9-5-6-12(20-2)10(8-9)14(18)16-13-11(17)4-3-7-15-13/h3-8,17H,1-2H3,(H,15,16,18). The summed E-state index contributed by atoms with van der Waals surface area (Å²) in [5, 5.41) is 12.1. The Bertz CT molecular complexity index is 628. The number of methoxy groups -OCH3 is 2. The molecule has 2 rings (SSSR count). The molecule has 0 saturated heterocycles. The normalized spacial score (nSPS) is 9.90. The SMILES string of the molecule is COc1ccc(OC)c(C(=O)Nc2ncccc2O)c1. The number of aromatic nitrogens is 1. The van der Waals surface area contributed by atoms with Gasteiger partial charge in [-0.15, -0.1) is 0 Å². The number of hydrogen-bond donors (Lipinski definition) is 2. The molecule has 20 heavy (non-hydrogen) atoms. The van der Waals surface area contributed by atoms with Crippen molar-refractivity contribution in [2.75, 3.05) is 19.5 Å². The molecule has 0 aliphatic carbocycles. The summed E-state index contributed by atoms with van der Waals surface area (Å²) in [6, 6.07) is 7.87. The van der Waals surface area contributed by atoms with E-state index in [0.29, 0.717) is 11.5 Å². The van der Waals surface area contributed by atoms with Crippen LogP contribution in [-0.2, 0) is 0 Å². The first-order valence-electron chi connectivity index (χ1n) is 5.83. The van der Waals surface area contributed by atoms with E-state index in [1.807, 2.05) is 0 Å². The largest absolute Gasteiger partial charge is 0.504 e. The first-order valence-corrected chi connectivity index (χ1v) is 5.83. The van der Waals surface area contributed by atoms with Gasteiger partial charge in [0.25, 0.3) is 5.91 Å². The summed E-state index contributed by atoms with van der Waals surface area (Å²) in [6.07, 6.45) is 1.47. The number of nitrogens with zero attached hydrogens (tertiary/aromatic N) is 1. The summed E-state index contributed by atoms with van der Waals surface area (Å²) in [6.45, 7) is 0. The van der Waals surface area contributed by atoms with Gasteiger partial charge in [0, 0.05) is 6.20 Å². The van der Waals surface area contributed by atoms with E-state index in [1.165, 1.54) is 26.5 Å². The zero-order chi connectivity index (χ0) is 14.5. The number of ether oxygens (including phenoxy) is 2. The molecule has 0 saturated carbocycles. The molecule has 1 amide bonds. The Labute approximate surface area is 116 Å². The lowest BCUT2D eigenvalue weighted by Crippen LogP contribution is -2.14. The molecule has 0 bridgehead atoms. The highest BCUT2D eigenvalue weighted by Crippen LogP contribution is 2.26. The van der Waals surface area contributed by atoms with Crippen LogP contribution in [0.4, 0.5) is 5.82 Å². The van der Waals surface area contributed by atoms with Gasteiger partial charge >= 0.3 is 0 Å². The van der Waals surface area contributed by atoms with Gasteiger partial charge in [0.2, 0.25) is 0 Å². The monoisotopic (exact) mass is 274 g/mol. The Hall–Kier alpha value is -2.76. The van der Waals surface area contributed by atoms with Gasteiger partial charge in [-0.25, -0.2) is 4.98 Å². The van der Waals surface area contributed by atoms with Crippen LogP contribution in [0, 0.1) is 0 Å². The van der Waals surface area contributed by atoms with Crippen molar-refractivity contribution in [2.45, 2.75) is 0 Å². The van der Waals surface area contributed by atoms with E-state index in [2.05, 4.69) is 10.3 Å². The summed E-state index contributed by atoms with van der Waals surface area (Å²) in [7, 11) is 2.98. The Kier molecular flexibility index (Phi) is 4.05. The number of nitrogens with one attached hydrogen (secondary N) is 1. The number of pyridine rings is 1. The van der Waals surface area contributed by atoms with Crippen molar-refractivity contribution < 1.29 is 19.4 Å². The van der Waals surface area contributed by atoms with Crippen LogP contribution < -0.4 is 14.8 Å². The third-order valence-corrected chi connectivity index (χ3v) is 2.67. The number of anilines is 1. The molecule has 104 valence electrons. The maximum Gasteiger partial charge on any atom is 0.260 e. The van der Waals surface area contributed by atoms with Gasteiger partial charge in [-0.2, -0.15) is 0 Å². The van der Waals surface area contributed by atoms with Crippen LogP contribution in [0.15, 0.2) is 36.5 Å².